The minimum absolute atomic E-state index is 0.139. The van der Waals surface area contributed by atoms with E-state index in [4.69, 9.17) is 20.8 Å². The van der Waals surface area contributed by atoms with E-state index in [0.717, 1.165) is 44.8 Å². The Bertz CT molecular complexity index is 1170. The summed E-state index contributed by atoms with van der Waals surface area (Å²) >= 11 is 6.12. The van der Waals surface area contributed by atoms with E-state index in [1.165, 1.54) is 0 Å². The van der Waals surface area contributed by atoms with E-state index in [-0.39, 0.29) is 17.1 Å². The van der Waals surface area contributed by atoms with Crippen molar-refractivity contribution >= 4 is 28.5 Å². The zero-order valence-corrected chi connectivity index (χ0v) is 17.8. The van der Waals surface area contributed by atoms with Gasteiger partial charge in [-0.1, -0.05) is 41.9 Å². The largest absolute Gasteiger partial charge is 0.450 e. The van der Waals surface area contributed by atoms with Crippen LogP contribution in [0.2, 0.25) is 5.02 Å². The monoisotopic (exact) mass is 438 g/mol. The topological polar surface area (TPSA) is 63.0 Å². The number of hydrogen-bond donors (Lipinski definition) is 0. The summed E-state index contributed by atoms with van der Waals surface area (Å²) in [6, 6.07) is 14.1. The minimum atomic E-state index is -0.465. The van der Waals surface area contributed by atoms with Crippen LogP contribution in [-0.4, -0.2) is 55.1 Å². The van der Waals surface area contributed by atoms with E-state index in [1.54, 1.807) is 23.1 Å². The Kier molecular flexibility index (Phi) is 5.52. The molecule has 3 aromatic rings. The Hall–Kier alpha value is -2.67. The number of nitrogens with zero attached hydrogens (tertiary/aromatic N) is 2. The molecule has 1 fully saturated rings. The zero-order valence-electron chi connectivity index (χ0n) is 17.1. The van der Waals surface area contributed by atoms with Gasteiger partial charge in [0.05, 0.1) is 30.2 Å². The van der Waals surface area contributed by atoms with Gasteiger partial charge in [0.25, 0.3) is 5.91 Å². The first kappa shape index (κ1) is 20.2. The van der Waals surface area contributed by atoms with Crippen LogP contribution in [0.5, 0.6) is 0 Å². The van der Waals surface area contributed by atoms with Crippen molar-refractivity contribution in [2.75, 3.05) is 39.4 Å². The van der Waals surface area contributed by atoms with E-state index < -0.39 is 6.04 Å². The molecule has 6 nitrogen and oxygen atoms in total. The van der Waals surface area contributed by atoms with E-state index >= 15 is 0 Å². The summed E-state index contributed by atoms with van der Waals surface area (Å²) in [5, 5.41) is 0.859. The second kappa shape index (κ2) is 8.46. The Morgan fingerprint density at radius 3 is 2.55 bits per heavy atom. The first-order chi connectivity index (χ1) is 15.1. The number of amides is 1. The lowest BCUT2D eigenvalue weighted by atomic mass is 9.98. The van der Waals surface area contributed by atoms with Gasteiger partial charge in [-0.25, -0.2) is 0 Å². The van der Waals surface area contributed by atoms with E-state index in [0.29, 0.717) is 28.1 Å². The maximum atomic E-state index is 13.4. The van der Waals surface area contributed by atoms with Crippen LogP contribution in [0.15, 0.2) is 57.7 Å². The third kappa shape index (κ3) is 3.76. The van der Waals surface area contributed by atoms with Crippen molar-refractivity contribution < 1.29 is 13.9 Å². The third-order valence-corrected chi connectivity index (χ3v) is 6.26. The van der Waals surface area contributed by atoms with Gasteiger partial charge >= 0.3 is 0 Å². The van der Waals surface area contributed by atoms with Crippen molar-refractivity contribution in [1.82, 2.24) is 9.80 Å². The summed E-state index contributed by atoms with van der Waals surface area (Å²) in [5.41, 5.74) is 1.48. The van der Waals surface area contributed by atoms with Gasteiger partial charge in [0, 0.05) is 31.2 Å². The summed E-state index contributed by atoms with van der Waals surface area (Å²) in [7, 11) is 0. The molecule has 1 atom stereocenters. The highest BCUT2D eigenvalue weighted by atomic mass is 35.5. The number of ether oxygens (including phenoxy) is 1. The highest BCUT2D eigenvalue weighted by Crippen LogP contribution is 2.38. The van der Waals surface area contributed by atoms with Crippen LogP contribution in [0.4, 0.5) is 0 Å². The van der Waals surface area contributed by atoms with Gasteiger partial charge in [0.15, 0.2) is 5.43 Å². The molecule has 0 bridgehead atoms. The maximum absolute atomic E-state index is 13.4. The fourth-order valence-electron chi connectivity index (χ4n) is 4.49. The highest BCUT2D eigenvalue weighted by molar-refractivity contribution is 6.31. The van der Waals surface area contributed by atoms with Crippen molar-refractivity contribution in [3.8, 4) is 0 Å². The standard InChI is InChI=1S/C24H23ClN2O4/c25-17-7-8-19-18(15-17)22(28)20-21(16-5-2-1-3-6-16)27(24(29)23(20)31-19)10-4-9-26-11-13-30-14-12-26/h1-3,5-8,15,21H,4,9-14H2/t21-/m1/s1. The Balaban J connectivity index is 1.52. The first-order valence-electron chi connectivity index (χ1n) is 10.6. The second-order valence-electron chi connectivity index (χ2n) is 7.93. The maximum Gasteiger partial charge on any atom is 0.290 e. The molecule has 0 unspecified atom stereocenters. The molecule has 0 radical (unpaired) electrons. The van der Waals surface area contributed by atoms with Crippen LogP contribution in [0.25, 0.3) is 11.0 Å². The summed E-state index contributed by atoms with van der Waals surface area (Å²) in [6.07, 6.45) is 0.808. The van der Waals surface area contributed by atoms with Crippen LogP contribution in [0.3, 0.4) is 0 Å². The quantitative estimate of drug-likeness (QED) is 0.607. The fraction of sp³-hybridized carbons (Fsp3) is 0.333. The van der Waals surface area contributed by atoms with Gasteiger partial charge in [0.2, 0.25) is 5.76 Å². The minimum Gasteiger partial charge on any atom is -0.450 e. The van der Waals surface area contributed by atoms with Gasteiger partial charge in [-0.15, -0.1) is 0 Å². The SMILES string of the molecule is O=C1c2oc3ccc(Cl)cc3c(=O)c2[C@@H](c2ccccc2)N1CCCN1CCOCC1. The van der Waals surface area contributed by atoms with Gasteiger partial charge in [0.1, 0.15) is 5.58 Å². The molecule has 0 N–H and O–H groups in total. The van der Waals surface area contributed by atoms with Crippen molar-refractivity contribution in [3.05, 3.63) is 80.7 Å². The normalized spacial score (nSPS) is 19.2. The lowest BCUT2D eigenvalue weighted by Gasteiger charge is -2.29. The average Bonchev–Trinajstić information content (AvgIpc) is 3.08. The molecule has 160 valence electrons. The Labute approximate surface area is 185 Å². The average molecular weight is 439 g/mol. The first-order valence-corrected chi connectivity index (χ1v) is 10.9. The molecule has 2 aliphatic rings. The number of halogens is 1. The van der Waals surface area contributed by atoms with Gasteiger partial charge in [-0.3, -0.25) is 14.5 Å². The number of morpholine rings is 1. The molecule has 3 heterocycles. The van der Waals surface area contributed by atoms with E-state index in [2.05, 4.69) is 4.90 Å². The lowest BCUT2D eigenvalue weighted by molar-refractivity contribution is 0.0353. The van der Waals surface area contributed by atoms with Gasteiger partial charge in [-0.2, -0.15) is 0 Å². The number of rotatable bonds is 5. The highest BCUT2D eigenvalue weighted by Gasteiger charge is 2.42. The lowest BCUT2D eigenvalue weighted by Crippen LogP contribution is -2.38. The zero-order chi connectivity index (χ0) is 21.4. The summed E-state index contributed by atoms with van der Waals surface area (Å²) < 4.78 is 11.4. The number of carbonyl (C=O) groups is 1. The number of benzene rings is 2. The van der Waals surface area contributed by atoms with E-state index in [1.807, 2.05) is 30.3 Å². The van der Waals surface area contributed by atoms with Crippen LogP contribution in [0, 0.1) is 0 Å². The molecule has 1 saturated heterocycles. The van der Waals surface area contributed by atoms with Crippen LogP contribution >= 0.6 is 11.6 Å². The number of carbonyl (C=O) groups excluding carboxylic acids is 1. The third-order valence-electron chi connectivity index (χ3n) is 6.02. The molecule has 5 rings (SSSR count). The van der Waals surface area contributed by atoms with Crippen molar-refractivity contribution in [2.24, 2.45) is 0 Å². The van der Waals surface area contributed by atoms with Crippen molar-refractivity contribution in [3.63, 3.8) is 0 Å². The summed E-state index contributed by atoms with van der Waals surface area (Å²) in [4.78, 5) is 30.9. The van der Waals surface area contributed by atoms with Gasteiger partial charge < -0.3 is 14.1 Å². The summed E-state index contributed by atoms with van der Waals surface area (Å²) in [5.74, 6) is -0.0974. The molecule has 0 saturated carbocycles. The Morgan fingerprint density at radius 1 is 1.00 bits per heavy atom. The molecule has 2 aromatic carbocycles. The molecular weight excluding hydrogens is 416 g/mol. The predicted octanol–water partition coefficient (Wildman–Crippen LogP) is 3.71. The molecule has 7 heteroatoms. The van der Waals surface area contributed by atoms with Crippen molar-refractivity contribution in [2.45, 2.75) is 12.5 Å². The smallest absolute Gasteiger partial charge is 0.290 e. The molecule has 0 spiro atoms. The second-order valence-corrected chi connectivity index (χ2v) is 8.37. The van der Waals surface area contributed by atoms with E-state index in [9.17, 15) is 9.59 Å². The number of hydrogen-bond acceptors (Lipinski definition) is 5. The predicted molar refractivity (Wildman–Crippen MR) is 119 cm³/mol. The van der Waals surface area contributed by atoms with Gasteiger partial charge in [-0.05, 0) is 30.2 Å². The molecule has 0 aliphatic carbocycles. The van der Waals surface area contributed by atoms with Crippen LogP contribution in [0.1, 0.15) is 34.1 Å². The molecule has 31 heavy (non-hydrogen) atoms. The molecule has 1 aromatic heterocycles. The molecule has 2 aliphatic heterocycles. The molecular formula is C24H23ClN2O4. The van der Waals surface area contributed by atoms with Crippen LogP contribution in [-0.2, 0) is 4.74 Å². The molecule has 1 amide bonds. The van der Waals surface area contributed by atoms with Crippen molar-refractivity contribution in [1.29, 1.82) is 0 Å². The number of fused-ring (bicyclic) bond motifs is 2. The van der Waals surface area contributed by atoms with Crippen LogP contribution < -0.4 is 5.43 Å². The Morgan fingerprint density at radius 2 is 1.77 bits per heavy atom. The fourth-order valence-corrected chi connectivity index (χ4v) is 4.67. The summed E-state index contributed by atoms with van der Waals surface area (Å²) in [6.45, 7) is 4.72.